The first-order chi connectivity index (χ1) is 9.28. The summed E-state index contributed by atoms with van der Waals surface area (Å²) < 4.78 is 13.9. The fourth-order valence-electron chi connectivity index (χ4n) is 2.37. The fraction of sp³-hybridized carbons (Fsp3) is 0.333. The summed E-state index contributed by atoms with van der Waals surface area (Å²) in [6, 6.07) is 8.04. The normalized spacial score (nSPS) is 15.1. The first-order valence-electron chi connectivity index (χ1n) is 6.58. The Bertz CT molecular complexity index is 594. The zero-order valence-electron chi connectivity index (χ0n) is 10.9. The molecule has 1 aliphatic rings. The molecule has 98 valence electrons. The number of anilines is 1. The Morgan fingerprint density at radius 1 is 1.32 bits per heavy atom. The minimum atomic E-state index is -0.384. The lowest BCUT2D eigenvalue weighted by atomic mass is 9.79. The van der Waals surface area contributed by atoms with E-state index in [4.69, 9.17) is 0 Å². The van der Waals surface area contributed by atoms with Crippen LogP contribution < -0.4 is 5.32 Å². The van der Waals surface area contributed by atoms with E-state index in [2.05, 4.69) is 27.4 Å². The molecule has 1 N–H and O–H groups in total. The van der Waals surface area contributed by atoms with Gasteiger partial charge in [-0.15, -0.1) is 0 Å². The molecule has 3 nitrogen and oxygen atoms in total. The van der Waals surface area contributed by atoms with Gasteiger partial charge in [0, 0.05) is 12.6 Å². The monoisotopic (exact) mass is 257 g/mol. The Morgan fingerprint density at radius 2 is 2.16 bits per heavy atom. The van der Waals surface area contributed by atoms with E-state index in [1.807, 2.05) is 12.1 Å². The van der Waals surface area contributed by atoms with Crippen molar-refractivity contribution in [2.45, 2.75) is 25.2 Å². The predicted octanol–water partition coefficient (Wildman–Crippen LogP) is 3.59. The smallest absolute Gasteiger partial charge is 0.223 e. The molecule has 0 unspecified atom stereocenters. The van der Waals surface area contributed by atoms with Crippen molar-refractivity contribution in [3.8, 4) is 11.3 Å². The third-order valence-electron chi connectivity index (χ3n) is 3.70. The Kier molecular flexibility index (Phi) is 3.15. The van der Waals surface area contributed by atoms with Crippen LogP contribution in [-0.4, -0.2) is 17.0 Å². The number of benzene rings is 1. The molecule has 0 radical (unpaired) electrons. The molecule has 1 aromatic heterocycles. The Labute approximate surface area is 111 Å². The zero-order valence-corrected chi connectivity index (χ0v) is 10.9. The first kappa shape index (κ1) is 12.1. The van der Waals surface area contributed by atoms with Crippen molar-refractivity contribution in [3.05, 3.63) is 41.8 Å². The van der Waals surface area contributed by atoms with Crippen LogP contribution in [0.15, 0.2) is 30.5 Å². The predicted molar refractivity (Wildman–Crippen MR) is 73.6 cm³/mol. The highest BCUT2D eigenvalue weighted by Crippen LogP contribution is 2.37. The fourth-order valence-corrected chi connectivity index (χ4v) is 2.37. The van der Waals surface area contributed by atoms with Gasteiger partial charge in [-0.25, -0.2) is 14.4 Å². The van der Waals surface area contributed by atoms with Gasteiger partial charge in [-0.1, -0.05) is 24.6 Å². The van der Waals surface area contributed by atoms with E-state index in [1.165, 1.54) is 31.0 Å². The number of hydrogen-bond donors (Lipinski definition) is 1. The highest BCUT2D eigenvalue weighted by molar-refractivity contribution is 5.62. The maximum absolute atomic E-state index is 13.9. The summed E-state index contributed by atoms with van der Waals surface area (Å²) in [6.45, 7) is 0. The Morgan fingerprint density at radius 3 is 2.84 bits per heavy atom. The molecule has 0 amide bonds. The Hall–Kier alpha value is -1.97. The molecular weight excluding hydrogens is 241 g/mol. The molecule has 0 atom stereocenters. The second-order valence-electron chi connectivity index (χ2n) is 4.89. The van der Waals surface area contributed by atoms with Gasteiger partial charge in [-0.2, -0.15) is 0 Å². The minimum absolute atomic E-state index is 0.362. The van der Waals surface area contributed by atoms with Crippen LogP contribution in [0.4, 0.5) is 10.3 Å². The molecule has 1 saturated carbocycles. The first-order valence-corrected chi connectivity index (χ1v) is 6.58. The van der Waals surface area contributed by atoms with Crippen LogP contribution in [0.25, 0.3) is 11.3 Å². The number of nitrogens with zero attached hydrogens (tertiary/aromatic N) is 2. The van der Waals surface area contributed by atoms with Crippen molar-refractivity contribution >= 4 is 5.95 Å². The Balaban J connectivity index is 2.01. The topological polar surface area (TPSA) is 37.8 Å². The SMILES string of the molecule is CNc1ncc(F)c(-c2cccc(C3CCC3)c2)n1. The van der Waals surface area contributed by atoms with E-state index in [1.54, 1.807) is 7.05 Å². The summed E-state index contributed by atoms with van der Waals surface area (Å²) in [7, 11) is 1.72. The van der Waals surface area contributed by atoms with Gasteiger partial charge >= 0.3 is 0 Å². The van der Waals surface area contributed by atoms with Gasteiger partial charge < -0.3 is 5.32 Å². The summed E-state index contributed by atoms with van der Waals surface area (Å²) in [5, 5.41) is 2.84. The standard InChI is InChI=1S/C15H16FN3/c1-17-15-18-9-13(16)14(19-15)12-7-3-6-11(8-12)10-4-2-5-10/h3,6-10H,2,4-5H2,1H3,(H,17,18,19). The summed E-state index contributed by atoms with van der Waals surface area (Å²) in [5.41, 5.74) is 2.47. The van der Waals surface area contributed by atoms with Gasteiger partial charge in [0.05, 0.1) is 6.20 Å². The molecule has 1 heterocycles. The molecule has 1 aliphatic carbocycles. The second-order valence-corrected chi connectivity index (χ2v) is 4.89. The van der Waals surface area contributed by atoms with Crippen LogP contribution in [0.2, 0.25) is 0 Å². The van der Waals surface area contributed by atoms with E-state index >= 15 is 0 Å². The third-order valence-corrected chi connectivity index (χ3v) is 3.70. The molecule has 0 spiro atoms. The van der Waals surface area contributed by atoms with Gasteiger partial charge in [0.25, 0.3) is 0 Å². The molecule has 1 aromatic carbocycles. The number of rotatable bonds is 3. The van der Waals surface area contributed by atoms with Crippen LogP contribution in [0, 0.1) is 5.82 Å². The van der Waals surface area contributed by atoms with Gasteiger partial charge in [-0.3, -0.25) is 0 Å². The average Bonchev–Trinajstić information content (AvgIpc) is 2.38. The van der Waals surface area contributed by atoms with Gasteiger partial charge in [-0.05, 0) is 30.4 Å². The van der Waals surface area contributed by atoms with Gasteiger partial charge in [0.2, 0.25) is 5.95 Å². The van der Waals surface area contributed by atoms with Crippen molar-refractivity contribution in [2.75, 3.05) is 12.4 Å². The van der Waals surface area contributed by atoms with Crippen molar-refractivity contribution < 1.29 is 4.39 Å². The number of hydrogen-bond acceptors (Lipinski definition) is 3. The van der Waals surface area contributed by atoms with Crippen molar-refractivity contribution in [2.24, 2.45) is 0 Å². The third kappa shape index (κ3) is 2.30. The van der Waals surface area contributed by atoms with Gasteiger partial charge in [0.1, 0.15) is 5.69 Å². The summed E-state index contributed by atoms with van der Waals surface area (Å²) in [5.74, 6) is 0.684. The van der Waals surface area contributed by atoms with Crippen molar-refractivity contribution in [1.29, 1.82) is 0 Å². The molecule has 0 saturated heterocycles. The zero-order chi connectivity index (χ0) is 13.2. The van der Waals surface area contributed by atoms with E-state index < -0.39 is 0 Å². The van der Waals surface area contributed by atoms with E-state index in [0.29, 0.717) is 17.6 Å². The van der Waals surface area contributed by atoms with Crippen LogP contribution >= 0.6 is 0 Å². The van der Waals surface area contributed by atoms with Crippen LogP contribution in [0.3, 0.4) is 0 Å². The molecule has 0 bridgehead atoms. The number of halogens is 1. The maximum Gasteiger partial charge on any atom is 0.223 e. The van der Waals surface area contributed by atoms with E-state index in [9.17, 15) is 4.39 Å². The highest BCUT2D eigenvalue weighted by Gasteiger charge is 2.20. The molecule has 3 rings (SSSR count). The summed E-state index contributed by atoms with van der Waals surface area (Å²) in [6.07, 6.45) is 4.97. The second kappa shape index (κ2) is 4.96. The molecular formula is C15H16FN3. The lowest BCUT2D eigenvalue weighted by Gasteiger charge is -2.26. The molecule has 2 aromatic rings. The van der Waals surface area contributed by atoms with E-state index in [-0.39, 0.29) is 5.82 Å². The van der Waals surface area contributed by atoms with Crippen LogP contribution in [-0.2, 0) is 0 Å². The molecule has 19 heavy (non-hydrogen) atoms. The van der Waals surface area contributed by atoms with Crippen LogP contribution in [0.1, 0.15) is 30.7 Å². The minimum Gasteiger partial charge on any atom is -0.357 e. The van der Waals surface area contributed by atoms with Crippen molar-refractivity contribution in [3.63, 3.8) is 0 Å². The summed E-state index contributed by atoms with van der Waals surface area (Å²) >= 11 is 0. The molecule has 4 heteroatoms. The lowest BCUT2D eigenvalue weighted by Crippen LogP contribution is -2.08. The average molecular weight is 257 g/mol. The number of aromatic nitrogens is 2. The lowest BCUT2D eigenvalue weighted by molar-refractivity contribution is 0.420. The van der Waals surface area contributed by atoms with Crippen molar-refractivity contribution in [1.82, 2.24) is 9.97 Å². The largest absolute Gasteiger partial charge is 0.357 e. The highest BCUT2D eigenvalue weighted by atomic mass is 19.1. The molecule has 1 fully saturated rings. The summed E-state index contributed by atoms with van der Waals surface area (Å²) in [4.78, 5) is 8.08. The van der Waals surface area contributed by atoms with Crippen LogP contribution in [0.5, 0.6) is 0 Å². The maximum atomic E-state index is 13.9. The van der Waals surface area contributed by atoms with Gasteiger partial charge in [0.15, 0.2) is 5.82 Å². The molecule has 0 aliphatic heterocycles. The van der Waals surface area contributed by atoms with E-state index in [0.717, 1.165) is 5.56 Å². The number of nitrogens with one attached hydrogen (secondary N) is 1. The quantitative estimate of drug-likeness (QED) is 0.913.